The first-order chi connectivity index (χ1) is 27.2. The molecular formula is C42H64O15. The molecule has 322 valence electrons. The Balaban J connectivity index is 0.876. The maximum Gasteiger partial charge on any atom is 0.309 e. The van der Waals surface area contributed by atoms with Crippen LogP contribution in [0.2, 0.25) is 0 Å². The van der Waals surface area contributed by atoms with E-state index in [0.717, 1.165) is 18.4 Å². The number of esters is 1. The van der Waals surface area contributed by atoms with E-state index in [2.05, 4.69) is 13.0 Å². The number of carbonyl (C=O) groups is 1. The number of carbonyl (C=O) groups excluding carboxylic acids is 1. The summed E-state index contributed by atoms with van der Waals surface area (Å²) < 4.78 is 73.7. The summed E-state index contributed by atoms with van der Waals surface area (Å²) in [5, 5.41) is 22.1. The fourth-order valence-corrected chi connectivity index (χ4v) is 11.3. The molecule has 6 heterocycles. The molecule has 0 spiro atoms. The molecule has 5 saturated heterocycles. The average molecular weight is 809 g/mol. The van der Waals surface area contributed by atoms with Gasteiger partial charge in [-0.05, 0) is 69.8 Å². The Morgan fingerprint density at radius 3 is 2.02 bits per heavy atom. The number of methoxy groups -OCH3 is 3. The van der Waals surface area contributed by atoms with E-state index in [-0.39, 0.29) is 42.0 Å². The fraction of sp³-hybridized carbons (Fsp3) is 0.881. The summed E-state index contributed by atoms with van der Waals surface area (Å²) in [5.41, 5.74) is 1.95. The van der Waals surface area contributed by atoms with Crippen LogP contribution in [-0.4, -0.2) is 142 Å². The van der Waals surface area contributed by atoms with Crippen LogP contribution in [0, 0.1) is 23.2 Å². The molecule has 0 bridgehead atoms. The van der Waals surface area contributed by atoms with E-state index in [1.165, 1.54) is 5.57 Å². The SMILES string of the molecule is CO[C@H]1C[C@H](O[C@@H]2[C@H](C)O[C@@H](O[C@H]3[C@@H](OC)C[C@H](O[C@@H]4CC5=CC[C@H]6C(=O)O[C@@H]7CO[C@]8(C)OC=C(CC[C@@H]6[C@@]5(C)C[C@H]4O)[C@H]78)O[C@@H]3C)C[C@H]2OC)O[C@H](C)[C@H]1O. The monoisotopic (exact) mass is 808 g/mol. The molecule has 15 heteroatoms. The van der Waals surface area contributed by atoms with E-state index in [0.29, 0.717) is 45.1 Å². The number of hydrogen-bond donors (Lipinski definition) is 2. The number of fused-ring (bicyclic) bond motifs is 3. The van der Waals surface area contributed by atoms with E-state index in [4.69, 9.17) is 56.8 Å². The molecule has 2 aliphatic carbocycles. The molecule has 0 amide bonds. The Bertz CT molecular complexity index is 1510. The molecule has 0 aromatic heterocycles. The lowest BCUT2D eigenvalue weighted by Gasteiger charge is -2.52. The van der Waals surface area contributed by atoms with Gasteiger partial charge in [0.25, 0.3) is 0 Å². The topological polar surface area (TPSA) is 168 Å². The van der Waals surface area contributed by atoms with Gasteiger partial charge in [0.2, 0.25) is 5.79 Å². The number of allylic oxidation sites excluding steroid dienone is 1. The Morgan fingerprint density at radius 1 is 0.789 bits per heavy atom. The Labute approximate surface area is 335 Å². The van der Waals surface area contributed by atoms with Gasteiger partial charge in [-0.3, -0.25) is 4.79 Å². The van der Waals surface area contributed by atoms with Crippen LogP contribution in [0.5, 0.6) is 0 Å². The summed E-state index contributed by atoms with van der Waals surface area (Å²) in [6, 6.07) is 0. The van der Waals surface area contributed by atoms with Gasteiger partial charge in [-0.25, -0.2) is 0 Å². The lowest BCUT2D eigenvalue weighted by Crippen LogP contribution is -2.57. The molecule has 6 fully saturated rings. The van der Waals surface area contributed by atoms with E-state index in [1.807, 2.05) is 27.0 Å². The van der Waals surface area contributed by atoms with Crippen molar-refractivity contribution in [3.63, 3.8) is 0 Å². The lowest BCUT2D eigenvalue weighted by molar-refractivity contribution is -0.339. The predicted octanol–water partition coefficient (Wildman–Crippen LogP) is 3.66. The van der Waals surface area contributed by atoms with Crippen molar-refractivity contribution in [3.8, 4) is 0 Å². The van der Waals surface area contributed by atoms with Crippen LogP contribution in [0.4, 0.5) is 0 Å². The Hall–Kier alpha value is -1.73. The normalized spacial score (nSPS) is 51.2. The number of hydrogen-bond acceptors (Lipinski definition) is 15. The van der Waals surface area contributed by atoms with Crippen LogP contribution in [0.25, 0.3) is 0 Å². The van der Waals surface area contributed by atoms with Crippen molar-refractivity contribution >= 4 is 5.97 Å². The minimum atomic E-state index is -0.790. The molecular weight excluding hydrogens is 744 g/mol. The van der Waals surface area contributed by atoms with Crippen LogP contribution in [-0.2, 0) is 61.6 Å². The van der Waals surface area contributed by atoms with E-state index in [9.17, 15) is 15.0 Å². The van der Waals surface area contributed by atoms with Crippen molar-refractivity contribution in [1.82, 2.24) is 0 Å². The summed E-state index contributed by atoms with van der Waals surface area (Å²) in [4.78, 5) is 13.7. The predicted molar refractivity (Wildman–Crippen MR) is 199 cm³/mol. The summed E-state index contributed by atoms with van der Waals surface area (Å²) >= 11 is 0. The zero-order chi connectivity index (χ0) is 40.4. The van der Waals surface area contributed by atoms with E-state index in [1.54, 1.807) is 28.3 Å². The van der Waals surface area contributed by atoms with Crippen molar-refractivity contribution < 1.29 is 71.8 Å². The highest BCUT2D eigenvalue weighted by Gasteiger charge is 2.59. The molecule has 2 N–H and O–H groups in total. The van der Waals surface area contributed by atoms with Crippen LogP contribution in [0.15, 0.2) is 23.5 Å². The maximum atomic E-state index is 13.7. The highest BCUT2D eigenvalue weighted by atomic mass is 16.8. The van der Waals surface area contributed by atoms with Crippen molar-refractivity contribution in [2.75, 3.05) is 27.9 Å². The molecule has 0 aromatic carbocycles. The van der Waals surface area contributed by atoms with Crippen molar-refractivity contribution in [1.29, 1.82) is 0 Å². The highest BCUT2D eigenvalue weighted by molar-refractivity contribution is 5.74. The third-order valence-corrected chi connectivity index (χ3v) is 14.5. The standard InChI is InChI=1S/C42H64O15/c1-20-37(44)29(46-6)14-34(51-20)56-39-22(3)53-35(16-31(39)48-8)57-38-21(2)52-33(15-30(38)47-7)54-28-13-24-10-11-25-26(41(24,4)17-27(28)43)12-9-23-18-49-42(5)36(23)32(19-50-42)55-40(25)45/h10,18,20-22,25-39,43-44H,9,11-17,19H2,1-8H3/t20-,21-,22+,25-,26+,27-,28-,29+,30+,31-,32-,33+,34+,35+,36-,37-,38-,39-,41+,42+/m1/s1. The average Bonchev–Trinajstić information content (AvgIpc) is 3.69. The van der Waals surface area contributed by atoms with Crippen molar-refractivity contribution in [3.05, 3.63) is 23.5 Å². The Kier molecular flexibility index (Phi) is 12.2. The molecule has 0 unspecified atom stereocenters. The van der Waals surface area contributed by atoms with Gasteiger partial charge in [-0.15, -0.1) is 0 Å². The molecule has 0 aromatic rings. The molecule has 57 heavy (non-hydrogen) atoms. The van der Waals surface area contributed by atoms with Gasteiger partial charge in [-0.2, -0.15) is 0 Å². The van der Waals surface area contributed by atoms with Gasteiger partial charge in [0, 0.05) is 47.5 Å². The number of ether oxygens (including phenoxy) is 12. The van der Waals surface area contributed by atoms with Crippen LogP contribution < -0.4 is 0 Å². The molecule has 15 nitrogen and oxygen atoms in total. The summed E-state index contributed by atoms with van der Waals surface area (Å²) in [7, 11) is 4.86. The number of aliphatic hydroxyl groups is 2. The largest absolute Gasteiger partial charge is 0.469 e. The third kappa shape index (κ3) is 7.87. The maximum absolute atomic E-state index is 13.7. The molecule has 8 aliphatic rings. The second-order valence-electron chi connectivity index (χ2n) is 17.9. The minimum absolute atomic E-state index is 0.000401. The lowest BCUT2D eigenvalue weighted by atomic mass is 9.55. The smallest absolute Gasteiger partial charge is 0.309 e. The Morgan fingerprint density at radius 2 is 1.39 bits per heavy atom. The summed E-state index contributed by atoms with van der Waals surface area (Å²) in [6.07, 6.45) is 0.929. The van der Waals surface area contributed by atoms with E-state index >= 15 is 0 Å². The van der Waals surface area contributed by atoms with Gasteiger partial charge in [-0.1, -0.05) is 18.6 Å². The van der Waals surface area contributed by atoms with Gasteiger partial charge < -0.3 is 67.1 Å². The van der Waals surface area contributed by atoms with Gasteiger partial charge in [0.15, 0.2) is 18.9 Å². The van der Waals surface area contributed by atoms with Crippen molar-refractivity contribution in [2.24, 2.45) is 23.2 Å². The first-order valence-electron chi connectivity index (χ1n) is 21.0. The minimum Gasteiger partial charge on any atom is -0.469 e. The third-order valence-electron chi connectivity index (χ3n) is 14.5. The van der Waals surface area contributed by atoms with Gasteiger partial charge in [0.1, 0.15) is 24.4 Å². The van der Waals surface area contributed by atoms with Crippen molar-refractivity contribution in [2.45, 2.75) is 184 Å². The number of aliphatic hydroxyl groups excluding tert-OH is 2. The molecule has 0 radical (unpaired) electrons. The van der Waals surface area contributed by atoms with Gasteiger partial charge in [0.05, 0.1) is 73.5 Å². The van der Waals surface area contributed by atoms with Crippen LogP contribution in [0.3, 0.4) is 0 Å². The first-order valence-corrected chi connectivity index (χ1v) is 21.0. The zero-order valence-corrected chi connectivity index (χ0v) is 34.6. The summed E-state index contributed by atoms with van der Waals surface area (Å²) in [6.45, 7) is 10.1. The molecule has 8 rings (SSSR count). The molecule has 20 atom stereocenters. The second kappa shape index (κ2) is 16.6. The van der Waals surface area contributed by atoms with E-state index < -0.39 is 85.0 Å². The number of rotatable bonds is 9. The molecule has 6 aliphatic heterocycles. The van der Waals surface area contributed by atoms with Crippen LogP contribution >= 0.6 is 0 Å². The zero-order valence-electron chi connectivity index (χ0n) is 34.6. The quantitative estimate of drug-likeness (QED) is 0.256. The highest BCUT2D eigenvalue weighted by Crippen LogP contribution is 2.57. The van der Waals surface area contributed by atoms with Crippen LogP contribution in [0.1, 0.15) is 86.0 Å². The summed E-state index contributed by atoms with van der Waals surface area (Å²) in [5.74, 6) is -1.37. The fourth-order valence-electron chi connectivity index (χ4n) is 11.3. The first kappa shape index (κ1) is 42.0. The molecule has 1 saturated carbocycles. The van der Waals surface area contributed by atoms with Gasteiger partial charge >= 0.3 is 5.97 Å². The second-order valence-corrected chi connectivity index (χ2v) is 17.9.